The van der Waals surface area contributed by atoms with Gasteiger partial charge in [-0.05, 0) is 58.7 Å². The summed E-state index contributed by atoms with van der Waals surface area (Å²) in [4.78, 5) is 0. The monoisotopic (exact) mass is 420 g/mol. The molecule has 0 fully saturated rings. The summed E-state index contributed by atoms with van der Waals surface area (Å²) in [5, 5.41) is 1.36. The van der Waals surface area contributed by atoms with Crippen molar-refractivity contribution < 1.29 is 8.78 Å². The van der Waals surface area contributed by atoms with Crippen molar-refractivity contribution in [3.63, 3.8) is 0 Å². The zero-order valence-electron chi connectivity index (χ0n) is 16.9. The van der Waals surface area contributed by atoms with E-state index in [0.29, 0.717) is 16.5 Å². The van der Waals surface area contributed by atoms with Gasteiger partial charge >= 0.3 is 0 Å². The molecule has 0 spiro atoms. The van der Waals surface area contributed by atoms with Gasteiger partial charge in [-0.3, -0.25) is 0 Å². The van der Waals surface area contributed by atoms with E-state index in [1.165, 1.54) is 37.0 Å². The van der Waals surface area contributed by atoms with Gasteiger partial charge in [0, 0.05) is 10.9 Å². The Kier molecular flexibility index (Phi) is 6.15. The average molecular weight is 421 g/mol. The first-order chi connectivity index (χ1) is 14.6. The highest BCUT2D eigenvalue weighted by Gasteiger charge is 2.12. The summed E-state index contributed by atoms with van der Waals surface area (Å²) in [5.74, 6) is -0.908. The SMILES string of the molecule is CCCCCc1ccc(-c2ccc3c(F)c(-c4ccc(Cl)c(F)c4)ccc3c2)cc1. The summed E-state index contributed by atoms with van der Waals surface area (Å²) in [6, 6.07) is 22.3. The molecule has 0 atom stereocenters. The molecule has 30 heavy (non-hydrogen) atoms. The number of hydrogen-bond acceptors (Lipinski definition) is 0. The molecule has 0 aliphatic carbocycles. The van der Waals surface area contributed by atoms with Crippen molar-refractivity contribution in [1.29, 1.82) is 0 Å². The summed E-state index contributed by atoms with van der Waals surface area (Å²) in [6.45, 7) is 2.21. The van der Waals surface area contributed by atoms with Crippen molar-refractivity contribution in [3.05, 3.63) is 95.0 Å². The second-order valence-corrected chi connectivity index (χ2v) is 8.05. The van der Waals surface area contributed by atoms with Crippen molar-refractivity contribution >= 4 is 22.4 Å². The summed E-state index contributed by atoms with van der Waals surface area (Å²) in [7, 11) is 0. The summed E-state index contributed by atoms with van der Waals surface area (Å²) in [5.41, 5.74) is 4.34. The lowest BCUT2D eigenvalue weighted by Gasteiger charge is -2.10. The van der Waals surface area contributed by atoms with Crippen LogP contribution in [-0.2, 0) is 6.42 Å². The lowest BCUT2D eigenvalue weighted by molar-refractivity contribution is 0.627. The van der Waals surface area contributed by atoms with Crippen LogP contribution in [-0.4, -0.2) is 0 Å². The van der Waals surface area contributed by atoms with Gasteiger partial charge in [0.15, 0.2) is 0 Å². The van der Waals surface area contributed by atoms with Crippen LogP contribution >= 0.6 is 11.6 Å². The van der Waals surface area contributed by atoms with Gasteiger partial charge in [-0.25, -0.2) is 8.78 Å². The van der Waals surface area contributed by atoms with Crippen LogP contribution in [0.15, 0.2) is 72.8 Å². The van der Waals surface area contributed by atoms with Crippen LogP contribution in [0.1, 0.15) is 31.7 Å². The van der Waals surface area contributed by atoms with Gasteiger partial charge in [0.1, 0.15) is 11.6 Å². The molecule has 0 aliphatic heterocycles. The Morgan fingerprint density at radius 2 is 1.47 bits per heavy atom. The maximum atomic E-state index is 15.2. The minimum Gasteiger partial charge on any atom is -0.206 e. The second kappa shape index (κ2) is 8.97. The van der Waals surface area contributed by atoms with E-state index >= 15 is 4.39 Å². The fraction of sp³-hybridized carbons (Fsp3) is 0.185. The van der Waals surface area contributed by atoms with Gasteiger partial charge < -0.3 is 0 Å². The van der Waals surface area contributed by atoms with E-state index in [0.717, 1.165) is 22.9 Å². The topological polar surface area (TPSA) is 0 Å². The number of hydrogen-bond donors (Lipinski definition) is 0. The molecular formula is C27H23ClF2. The van der Waals surface area contributed by atoms with E-state index in [1.807, 2.05) is 18.2 Å². The van der Waals surface area contributed by atoms with Gasteiger partial charge in [0.25, 0.3) is 0 Å². The Morgan fingerprint density at radius 1 is 0.733 bits per heavy atom. The predicted molar refractivity (Wildman–Crippen MR) is 123 cm³/mol. The van der Waals surface area contributed by atoms with Crippen molar-refractivity contribution in [2.45, 2.75) is 32.6 Å². The quantitative estimate of drug-likeness (QED) is 0.273. The van der Waals surface area contributed by atoms with E-state index in [2.05, 4.69) is 31.2 Å². The zero-order chi connectivity index (χ0) is 21.1. The van der Waals surface area contributed by atoms with Crippen molar-refractivity contribution in [2.75, 3.05) is 0 Å². The van der Waals surface area contributed by atoms with Crippen LogP contribution in [0.3, 0.4) is 0 Å². The molecule has 0 bridgehead atoms. The smallest absolute Gasteiger partial charge is 0.142 e. The van der Waals surface area contributed by atoms with E-state index in [4.69, 9.17) is 11.6 Å². The first-order valence-electron chi connectivity index (χ1n) is 10.3. The van der Waals surface area contributed by atoms with Crippen LogP contribution in [0, 0.1) is 11.6 Å². The molecule has 0 N–H and O–H groups in total. The molecule has 0 nitrogen and oxygen atoms in total. The molecule has 0 aromatic heterocycles. The number of unbranched alkanes of at least 4 members (excludes halogenated alkanes) is 2. The Hall–Kier alpha value is -2.71. The lowest BCUT2D eigenvalue weighted by Crippen LogP contribution is -1.90. The molecule has 0 heterocycles. The Labute approximate surface area is 181 Å². The molecule has 4 rings (SSSR count). The zero-order valence-corrected chi connectivity index (χ0v) is 17.6. The molecule has 0 amide bonds. The third kappa shape index (κ3) is 4.24. The number of rotatable bonds is 6. The normalized spacial score (nSPS) is 11.2. The summed E-state index contributed by atoms with van der Waals surface area (Å²) in [6.07, 6.45) is 4.79. The first kappa shape index (κ1) is 20.6. The highest BCUT2D eigenvalue weighted by Crippen LogP contribution is 2.33. The molecule has 4 aromatic rings. The summed E-state index contributed by atoms with van der Waals surface area (Å²) < 4.78 is 29.0. The minimum atomic E-state index is -0.554. The Bertz CT molecular complexity index is 1180. The lowest BCUT2D eigenvalue weighted by atomic mass is 9.96. The fourth-order valence-electron chi connectivity index (χ4n) is 3.80. The van der Waals surface area contributed by atoms with Gasteiger partial charge in [-0.1, -0.05) is 86.0 Å². The molecule has 0 unspecified atom stereocenters. The minimum absolute atomic E-state index is 0.0287. The van der Waals surface area contributed by atoms with Gasteiger partial charge in [0.05, 0.1) is 5.02 Å². The van der Waals surface area contributed by atoms with Crippen LogP contribution in [0.4, 0.5) is 8.78 Å². The summed E-state index contributed by atoms with van der Waals surface area (Å²) >= 11 is 5.75. The van der Waals surface area contributed by atoms with Gasteiger partial charge in [0.2, 0.25) is 0 Å². The number of aryl methyl sites for hydroxylation is 1. The third-order valence-electron chi connectivity index (χ3n) is 5.54. The van der Waals surface area contributed by atoms with E-state index in [9.17, 15) is 4.39 Å². The molecule has 0 radical (unpaired) electrons. The van der Waals surface area contributed by atoms with E-state index in [-0.39, 0.29) is 10.8 Å². The third-order valence-corrected chi connectivity index (χ3v) is 5.85. The molecule has 0 saturated heterocycles. The van der Waals surface area contributed by atoms with Crippen LogP contribution in [0.25, 0.3) is 33.0 Å². The number of halogens is 3. The number of fused-ring (bicyclic) bond motifs is 1. The highest BCUT2D eigenvalue weighted by atomic mass is 35.5. The highest BCUT2D eigenvalue weighted by molar-refractivity contribution is 6.30. The maximum absolute atomic E-state index is 15.2. The van der Waals surface area contributed by atoms with Crippen molar-refractivity contribution in [1.82, 2.24) is 0 Å². The van der Waals surface area contributed by atoms with Crippen LogP contribution < -0.4 is 0 Å². The van der Waals surface area contributed by atoms with Gasteiger partial charge in [-0.2, -0.15) is 0 Å². The van der Waals surface area contributed by atoms with Crippen molar-refractivity contribution in [3.8, 4) is 22.3 Å². The van der Waals surface area contributed by atoms with E-state index < -0.39 is 5.82 Å². The molecule has 152 valence electrons. The Morgan fingerprint density at radius 3 is 2.20 bits per heavy atom. The molecule has 4 aromatic carbocycles. The Balaban J connectivity index is 1.64. The molecule has 3 heteroatoms. The maximum Gasteiger partial charge on any atom is 0.142 e. The van der Waals surface area contributed by atoms with Gasteiger partial charge in [-0.15, -0.1) is 0 Å². The average Bonchev–Trinajstić information content (AvgIpc) is 2.76. The van der Waals surface area contributed by atoms with Crippen LogP contribution in [0.5, 0.6) is 0 Å². The largest absolute Gasteiger partial charge is 0.206 e. The predicted octanol–water partition coefficient (Wildman–Crippen LogP) is 8.84. The van der Waals surface area contributed by atoms with Crippen LogP contribution in [0.2, 0.25) is 5.02 Å². The van der Waals surface area contributed by atoms with Crippen molar-refractivity contribution in [2.24, 2.45) is 0 Å². The first-order valence-corrected chi connectivity index (χ1v) is 10.7. The molecular weight excluding hydrogens is 398 g/mol. The standard InChI is InChI=1S/C27H23ClF2/c1-2-3-4-5-18-6-8-19(9-7-18)20-10-13-23-21(16-20)11-14-24(27(23)30)22-12-15-25(28)26(29)17-22/h6-17H,2-5H2,1H3. The second-order valence-electron chi connectivity index (χ2n) is 7.65. The number of benzene rings is 4. The molecule has 0 aliphatic rings. The molecule has 0 saturated carbocycles. The van der Waals surface area contributed by atoms with E-state index in [1.54, 1.807) is 18.2 Å². The fourth-order valence-corrected chi connectivity index (χ4v) is 3.92.